The molecule has 5 nitrogen and oxygen atoms in total. The third kappa shape index (κ3) is 4.01. The Labute approximate surface area is 175 Å². The van der Waals surface area contributed by atoms with Crippen molar-refractivity contribution in [3.63, 3.8) is 0 Å². The lowest BCUT2D eigenvalue weighted by molar-refractivity contribution is -0.123. The van der Waals surface area contributed by atoms with E-state index in [1.54, 1.807) is 69.3 Å². The van der Waals surface area contributed by atoms with Crippen LogP contribution in [0.2, 0.25) is 5.02 Å². The van der Waals surface area contributed by atoms with Crippen LogP contribution < -0.4 is 9.64 Å². The van der Waals surface area contributed by atoms with E-state index in [2.05, 4.69) is 0 Å². The van der Waals surface area contributed by atoms with Crippen molar-refractivity contribution in [3.8, 4) is 5.75 Å². The normalized spacial score (nSPS) is 17.1. The number of halogens is 1. The Morgan fingerprint density at radius 3 is 2.21 bits per heavy atom. The second kappa shape index (κ2) is 7.91. The van der Waals surface area contributed by atoms with Crippen molar-refractivity contribution in [2.45, 2.75) is 33.7 Å². The Morgan fingerprint density at radius 1 is 1.10 bits per heavy atom. The zero-order valence-corrected chi connectivity index (χ0v) is 17.7. The van der Waals surface area contributed by atoms with E-state index in [0.717, 1.165) is 0 Å². The van der Waals surface area contributed by atoms with Crippen LogP contribution in [-0.2, 0) is 9.59 Å². The Morgan fingerprint density at radius 2 is 1.69 bits per heavy atom. The van der Waals surface area contributed by atoms with Crippen LogP contribution >= 0.6 is 11.6 Å². The number of anilines is 1. The Bertz CT molecular complexity index is 956. The van der Waals surface area contributed by atoms with Crippen LogP contribution in [0.15, 0.2) is 59.9 Å². The summed E-state index contributed by atoms with van der Waals surface area (Å²) in [4.78, 5) is 27.6. The Balaban J connectivity index is 2.15. The minimum Gasteiger partial charge on any atom is -0.503 e. The summed E-state index contributed by atoms with van der Waals surface area (Å²) in [6.45, 7) is 7.72. The molecule has 0 saturated carbocycles. The third-order valence-corrected chi connectivity index (χ3v) is 5.00. The summed E-state index contributed by atoms with van der Waals surface area (Å²) in [6.07, 6.45) is 0. The maximum absolute atomic E-state index is 13.2. The molecule has 1 atom stereocenters. The molecule has 29 heavy (non-hydrogen) atoms. The molecular formula is C23H24ClNO4. The quantitative estimate of drug-likeness (QED) is 0.726. The van der Waals surface area contributed by atoms with Crippen LogP contribution in [0.3, 0.4) is 0 Å². The van der Waals surface area contributed by atoms with Gasteiger partial charge in [0.15, 0.2) is 11.5 Å². The van der Waals surface area contributed by atoms with Crippen molar-refractivity contribution in [2.24, 2.45) is 5.41 Å². The van der Waals surface area contributed by atoms with Gasteiger partial charge >= 0.3 is 0 Å². The summed E-state index contributed by atoms with van der Waals surface area (Å²) >= 11 is 5.99. The van der Waals surface area contributed by atoms with E-state index in [1.165, 1.54) is 4.90 Å². The first-order chi connectivity index (χ1) is 13.6. The van der Waals surface area contributed by atoms with Crippen LogP contribution in [0.4, 0.5) is 5.69 Å². The minimum absolute atomic E-state index is 0.0987. The van der Waals surface area contributed by atoms with Crippen molar-refractivity contribution in [3.05, 3.63) is 70.4 Å². The summed E-state index contributed by atoms with van der Waals surface area (Å²) in [5.74, 6) is -0.716. The zero-order valence-electron chi connectivity index (χ0n) is 16.9. The first-order valence-electron chi connectivity index (χ1n) is 9.45. The number of carbonyl (C=O) groups excluding carboxylic acids is 2. The van der Waals surface area contributed by atoms with Gasteiger partial charge in [0.2, 0.25) is 0 Å². The van der Waals surface area contributed by atoms with Gasteiger partial charge in [-0.15, -0.1) is 0 Å². The molecule has 3 rings (SSSR count). The number of rotatable bonds is 5. The molecule has 2 aromatic rings. The number of carbonyl (C=O) groups is 2. The van der Waals surface area contributed by atoms with Crippen molar-refractivity contribution < 1.29 is 19.4 Å². The second-order valence-electron chi connectivity index (χ2n) is 7.90. The number of amides is 1. The van der Waals surface area contributed by atoms with Gasteiger partial charge in [0, 0.05) is 16.1 Å². The van der Waals surface area contributed by atoms with Crippen LogP contribution in [0.5, 0.6) is 5.75 Å². The first kappa shape index (κ1) is 20.9. The average molecular weight is 414 g/mol. The number of hydrogen-bond acceptors (Lipinski definition) is 4. The highest BCUT2D eigenvalue weighted by Gasteiger charge is 2.46. The van der Waals surface area contributed by atoms with Gasteiger partial charge in [0.1, 0.15) is 5.75 Å². The molecule has 1 heterocycles. The predicted octanol–water partition coefficient (Wildman–Crippen LogP) is 5.25. The molecule has 1 N–H and O–H groups in total. The molecule has 1 unspecified atom stereocenters. The molecule has 0 aliphatic carbocycles. The smallest absolute Gasteiger partial charge is 0.294 e. The average Bonchev–Trinajstić information content (AvgIpc) is 2.93. The van der Waals surface area contributed by atoms with Crippen molar-refractivity contribution >= 4 is 29.0 Å². The molecule has 0 spiro atoms. The van der Waals surface area contributed by atoms with E-state index in [9.17, 15) is 14.7 Å². The highest BCUT2D eigenvalue weighted by atomic mass is 35.5. The minimum atomic E-state index is -0.761. The second-order valence-corrected chi connectivity index (χ2v) is 8.33. The lowest BCUT2D eigenvalue weighted by atomic mass is 9.82. The van der Waals surface area contributed by atoms with Crippen molar-refractivity contribution in [1.82, 2.24) is 0 Å². The van der Waals surface area contributed by atoms with Gasteiger partial charge in [-0.1, -0.05) is 44.5 Å². The number of hydrogen-bond donors (Lipinski definition) is 1. The molecular weight excluding hydrogens is 390 g/mol. The molecule has 0 aromatic heterocycles. The Kier molecular flexibility index (Phi) is 5.71. The molecule has 1 aliphatic rings. The highest BCUT2D eigenvalue weighted by Crippen LogP contribution is 2.43. The lowest BCUT2D eigenvalue weighted by Gasteiger charge is -2.29. The molecule has 2 aromatic carbocycles. The molecule has 0 bridgehead atoms. The van der Waals surface area contributed by atoms with Crippen molar-refractivity contribution in [1.29, 1.82) is 0 Å². The molecule has 1 amide bonds. The summed E-state index contributed by atoms with van der Waals surface area (Å²) < 4.78 is 5.50. The molecule has 0 fully saturated rings. The van der Waals surface area contributed by atoms with Crippen LogP contribution in [0, 0.1) is 5.41 Å². The van der Waals surface area contributed by atoms with E-state index < -0.39 is 23.1 Å². The standard InChI is InChI=1S/C23H24ClNO4/c1-5-29-17-12-6-14(7-13-17)19-18(21(27)23(2,3)4)20(26)22(28)25(19)16-10-8-15(24)9-11-16/h6-13,19,26H,5H2,1-4H3. The van der Waals surface area contributed by atoms with Crippen LogP contribution in [0.1, 0.15) is 39.3 Å². The largest absolute Gasteiger partial charge is 0.503 e. The number of benzene rings is 2. The summed E-state index contributed by atoms with van der Waals surface area (Å²) in [5.41, 5.74) is 0.583. The van der Waals surface area contributed by atoms with Gasteiger partial charge in [0.05, 0.1) is 18.2 Å². The molecule has 1 aliphatic heterocycles. The maximum Gasteiger partial charge on any atom is 0.294 e. The molecule has 0 radical (unpaired) electrons. The maximum atomic E-state index is 13.2. The molecule has 0 saturated heterocycles. The number of ether oxygens (including phenoxy) is 1. The number of aliphatic hydroxyl groups excluding tert-OH is 1. The Hall–Kier alpha value is -2.79. The topological polar surface area (TPSA) is 66.8 Å². The van der Waals surface area contributed by atoms with Gasteiger partial charge < -0.3 is 9.84 Å². The lowest BCUT2D eigenvalue weighted by Crippen LogP contribution is -2.32. The monoisotopic (exact) mass is 413 g/mol. The number of ketones is 1. The van der Waals surface area contributed by atoms with Crippen LogP contribution in [0.25, 0.3) is 0 Å². The summed E-state index contributed by atoms with van der Waals surface area (Å²) in [7, 11) is 0. The van der Waals surface area contributed by atoms with Gasteiger partial charge in [0.25, 0.3) is 5.91 Å². The molecule has 6 heteroatoms. The van der Waals surface area contributed by atoms with E-state index in [-0.39, 0.29) is 11.4 Å². The van der Waals surface area contributed by atoms with E-state index in [0.29, 0.717) is 28.6 Å². The fourth-order valence-corrected chi connectivity index (χ4v) is 3.46. The summed E-state index contributed by atoms with van der Waals surface area (Å²) in [6, 6.07) is 13.2. The SMILES string of the molecule is CCOc1ccc(C2C(C(=O)C(C)(C)C)=C(O)C(=O)N2c2ccc(Cl)cc2)cc1. The zero-order chi connectivity index (χ0) is 21.3. The number of Topliss-reactive ketones (excluding diaryl/α,β-unsaturated/α-hetero) is 1. The number of nitrogens with zero attached hydrogens (tertiary/aromatic N) is 1. The van der Waals surface area contributed by atoms with Gasteiger partial charge in [-0.2, -0.15) is 0 Å². The van der Waals surface area contributed by atoms with Crippen LogP contribution in [-0.4, -0.2) is 23.4 Å². The third-order valence-electron chi connectivity index (χ3n) is 4.75. The summed E-state index contributed by atoms with van der Waals surface area (Å²) in [5, 5.41) is 11.2. The highest BCUT2D eigenvalue weighted by molar-refractivity contribution is 6.30. The van der Waals surface area contributed by atoms with E-state index in [4.69, 9.17) is 16.3 Å². The fraction of sp³-hybridized carbons (Fsp3) is 0.304. The molecule has 152 valence electrons. The van der Waals surface area contributed by atoms with Gasteiger partial charge in [-0.05, 0) is 48.9 Å². The van der Waals surface area contributed by atoms with Gasteiger partial charge in [-0.3, -0.25) is 14.5 Å². The fourth-order valence-electron chi connectivity index (χ4n) is 3.34. The first-order valence-corrected chi connectivity index (χ1v) is 9.82. The van der Waals surface area contributed by atoms with Gasteiger partial charge in [-0.25, -0.2) is 0 Å². The number of aliphatic hydroxyl groups is 1. The van der Waals surface area contributed by atoms with Crippen molar-refractivity contribution in [2.75, 3.05) is 11.5 Å². The predicted molar refractivity (Wildman–Crippen MR) is 113 cm³/mol. The van der Waals surface area contributed by atoms with E-state index >= 15 is 0 Å². The van der Waals surface area contributed by atoms with E-state index in [1.807, 2.05) is 6.92 Å².